The number of benzene rings is 1. The lowest BCUT2D eigenvalue weighted by Crippen LogP contribution is -1.96. The summed E-state index contributed by atoms with van der Waals surface area (Å²) < 4.78 is 6.07. The predicted molar refractivity (Wildman–Crippen MR) is 66.5 cm³/mol. The first-order valence-corrected chi connectivity index (χ1v) is 5.64. The van der Waals surface area contributed by atoms with Crippen LogP contribution in [0.25, 0.3) is 11.3 Å². The molecule has 82 valence electrons. The summed E-state index contributed by atoms with van der Waals surface area (Å²) in [7, 11) is 1.57. The van der Waals surface area contributed by atoms with Crippen LogP contribution in [-0.2, 0) is 0 Å². The second-order valence-electron chi connectivity index (χ2n) is 3.36. The van der Waals surface area contributed by atoms with Crippen LogP contribution in [0.4, 0.5) is 0 Å². The van der Waals surface area contributed by atoms with Crippen LogP contribution >= 0.6 is 15.9 Å². The Kier molecular flexibility index (Phi) is 3.19. The molecule has 1 heterocycles. The molecule has 0 saturated carbocycles. The van der Waals surface area contributed by atoms with Gasteiger partial charge in [0.2, 0.25) is 0 Å². The minimum Gasteiger partial charge on any atom is -0.467 e. The monoisotopic (exact) mass is 278 g/mol. The van der Waals surface area contributed by atoms with Gasteiger partial charge in [-0.2, -0.15) is 4.98 Å². The highest BCUT2D eigenvalue weighted by atomic mass is 79.9. The van der Waals surface area contributed by atoms with Crippen molar-refractivity contribution in [2.75, 3.05) is 7.11 Å². The van der Waals surface area contributed by atoms with E-state index in [0.717, 1.165) is 21.4 Å². The van der Waals surface area contributed by atoms with E-state index in [9.17, 15) is 0 Å². The van der Waals surface area contributed by atoms with E-state index < -0.39 is 0 Å². The summed E-state index contributed by atoms with van der Waals surface area (Å²) in [5.74, 6) is 0. The van der Waals surface area contributed by atoms with Crippen molar-refractivity contribution in [2.24, 2.45) is 0 Å². The molecule has 1 aromatic heterocycles. The first kappa shape index (κ1) is 11.1. The molecule has 0 spiro atoms. The van der Waals surface area contributed by atoms with Gasteiger partial charge in [0.15, 0.2) is 0 Å². The average molecular weight is 279 g/mol. The van der Waals surface area contributed by atoms with E-state index in [1.165, 1.54) is 0 Å². The molecule has 2 aromatic rings. The Morgan fingerprint density at radius 1 is 1.19 bits per heavy atom. The maximum atomic E-state index is 5.06. The van der Waals surface area contributed by atoms with Crippen LogP contribution in [0.2, 0.25) is 0 Å². The number of aromatic nitrogens is 2. The molecule has 2 rings (SSSR count). The van der Waals surface area contributed by atoms with E-state index >= 15 is 0 Å². The minimum atomic E-state index is 0.394. The zero-order valence-corrected chi connectivity index (χ0v) is 10.7. The van der Waals surface area contributed by atoms with E-state index in [1.54, 1.807) is 7.11 Å². The van der Waals surface area contributed by atoms with Gasteiger partial charge in [0.05, 0.1) is 12.8 Å². The summed E-state index contributed by atoms with van der Waals surface area (Å²) in [4.78, 5) is 8.48. The molecule has 16 heavy (non-hydrogen) atoms. The molecule has 0 N–H and O–H groups in total. The third kappa shape index (κ3) is 2.22. The lowest BCUT2D eigenvalue weighted by Gasteiger charge is -2.06. The molecule has 0 radical (unpaired) electrons. The Bertz CT molecular complexity index is 514. The Labute approximate surface area is 103 Å². The zero-order chi connectivity index (χ0) is 11.5. The molecular weight excluding hydrogens is 268 g/mol. The van der Waals surface area contributed by atoms with Crippen LogP contribution in [0, 0.1) is 6.92 Å². The van der Waals surface area contributed by atoms with Crippen LogP contribution < -0.4 is 4.74 Å². The van der Waals surface area contributed by atoms with Gasteiger partial charge in [-0.3, -0.25) is 0 Å². The molecule has 0 amide bonds. The van der Waals surface area contributed by atoms with Crippen molar-refractivity contribution in [3.05, 3.63) is 40.5 Å². The van der Waals surface area contributed by atoms with E-state index in [0.29, 0.717) is 6.01 Å². The maximum Gasteiger partial charge on any atom is 0.316 e. The van der Waals surface area contributed by atoms with Crippen LogP contribution in [0.3, 0.4) is 0 Å². The molecule has 0 atom stereocenters. The van der Waals surface area contributed by atoms with Gasteiger partial charge in [-0.1, -0.05) is 34.1 Å². The number of methoxy groups -OCH3 is 1. The molecule has 3 nitrogen and oxygen atoms in total. The van der Waals surface area contributed by atoms with Gasteiger partial charge in [0.1, 0.15) is 0 Å². The van der Waals surface area contributed by atoms with Crippen LogP contribution in [-0.4, -0.2) is 17.1 Å². The highest BCUT2D eigenvalue weighted by Crippen LogP contribution is 2.27. The Hall–Kier alpha value is -1.42. The lowest BCUT2D eigenvalue weighted by molar-refractivity contribution is 0.379. The Morgan fingerprint density at radius 2 is 1.94 bits per heavy atom. The number of hydrogen-bond acceptors (Lipinski definition) is 3. The normalized spacial score (nSPS) is 10.2. The molecule has 0 aliphatic heterocycles. The van der Waals surface area contributed by atoms with Gasteiger partial charge < -0.3 is 4.74 Å². The number of hydrogen-bond donors (Lipinski definition) is 0. The molecule has 0 aliphatic carbocycles. The lowest BCUT2D eigenvalue weighted by atomic mass is 10.1. The quantitative estimate of drug-likeness (QED) is 0.846. The van der Waals surface area contributed by atoms with Crippen molar-refractivity contribution in [3.63, 3.8) is 0 Å². The Morgan fingerprint density at radius 3 is 2.62 bits per heavy atom. The molecule has 0 saturated heterocycles. The van der Waals surface area contributed by atoms with Crippen LogP contribution in [0.5, 0.6) is 6.01 Å². The second kappa shape index (κ2) is 4.61. The summed E-state index contributed by atoms with van der Waals surface area (Å²) in [5, 5.41) is 0. The number of nitrogens with zero attached hydrogens (tertiary/aromatic N) is 2. The molecule has 0 fully saturated rings. The summed E-state index contributed by atoms with van der Waals surface area (Å²) >= 11 is 3.50. The highest BCUT2D eigenvalue weighted by Gasteiger charge is 2.07. The topological polar surface area (TPSA) is 35.0 Å². The summed E-state index contributed by atoms with van der Waals surface area (Å²) in [6.45, 7) is 1.92. The van der Waals surface area contributed by atoms with Crippen molar-refractivity contribution >= 4 is 15.9 Å². The standard InChI is InChI=1S/C12H11BrN2O/c1-8-7-11(15-12(14-8)16-2)9-5-3-4-6-10(9)13/h3-7H,1-2H3. The van der Waals surface area contributed by atoms with Crippen LogP contribution in [0.15, 0.2) is 34.8 Å². The number of halogens is 1. The fourth-order valence-electron chi connectivity index (χ4n) is 1.44. The summed E-state index contributed by atoms with van der Waals surface area (Å²) in [6.07, 6.45) is 0. The Balaban J connectivity index is 2.56. The van der Waals surface area contributed by atoms with E-state index in [-0.39, 0.29) is 0 Å². The third-order valence-electron chi connectivity index (χ3n) is 2.17. The van der Waals surface area contributed by atoms with Gasteiger partial charge in [-0.15, -0.1) is 0 Å². The highest BCUT2D eigenvalue weighted by molar-refractivity contribution is 9.10. The summed E-state index contributed by atoms with van der Waals surface area (Å²) in [6, 6.07) is 10.3. The first-order valence-electron chi connectivity index (χ1n) is 4.85. The van der Waals surface area contributed by atoms with Gasteiger partial charge in [0, 0.05) is 15.7 Å². The third-order valence-corrected chi connectivity index (χ3v) is 2.86. The predicted octanol–water partition coefficient (Wildman–Crippen LogP) is 3.22. The zero-order valence-electron chi connectivity index (χ0n) is 9.07. The molecule has 0 bridgehead atoms. The van der Waals surface area contributed by atoms with Gasteiger partial charge >= 0.3 is 6.01 Å². The van der Waals surface area contributed by atoms with Crippen molar-refractivity contribution in [1.29, 1.82) is 0 Å². The minimum absolute atomic E-state index is 0.394. The van der Waals surface area contributed by atoms with E-state index in [4.69, 9.17) is 4.74 Å². The largest absolute Gasteiger partial charge is 0.467 e. The molecule has 1 aromatic carbocycles. The van der Waals surface area contributed by atoms with E-state index in [2.05, 4.69) is 25.9 Å². The van der Waals surface area contributed by atoms with Crippen LogP contribution in [0.1, 0.15) is 5.69 Å². The SMILES string of the molecule is COc1nc(C)cc(-c2ccccc2Br)n1. The second-order valence-corrected chi connectivity index (χ2v) is 4.22. The molecule has 4 heteroatoms. The fraction of sp³-hybridized carbons (Fsp3) is 0.167. The number of rotatable bonds is 2. The first-order chi connectivity index (χ1) is 7.70. The number of ether oxygens (including phenoxy) is 1. The number of aryl methyl sites for hydroxylation is 1. The van der Waals surface area contributed by atoms with Crippen molar-refractivity contribution in [2.45, 2.75) is 6.92 Å². The molecule has 0 aliphatic rings. The van der Waals surface area contributed by atoms with Crippen molar-refractivity contribution < 1.29 is 4.74 Å². The van der Waals surface area contributed by atoms with Crippen molar-refractivity contribution in [3.8, 4) is 17.3 Å². The maximum absolute atomic E-state index is 5.06. The van der Waals surface area contributed by atoms with E-state index in [1.807, 2.05) is 37.3 Å². The van der Waals surface area contributed by atoms with Crippen molar-refractivity contribution in [1.82, 2.24) is 9.97 Å². The summed E-state index contributed by atoms with van der Waals surface area (Å²) in [5.41, 5.74) is 2.78. The van der Waals surface area contributed by atoms with Gasteiger partial charge in [0.25, 0.3) is 0 Å². The fourth-order valence-corrected chi connectivity index (χ4v) is 1.93. The van der Waals surface area contributed by atoms with Gasteiger partial charge in [-0.05, 0) is 19.1 Å². The molecule has 0 unspecified atom stereocenters. The average Bonchev–Trinajstić information content (AvgIpc) is 2.28. The molecular formula is C12H11BrN2O. The smallest absolute Gasteiger partial charge is 0.316 e. The van der Waals surface area contributed by atoms with Gasteiger partial charge in [-0.25, -0.2) is 4.98 Å².